The minimum absolute atomic E-state index is 0.0255. The maximum atomic E-state index is 11.6. The second-order valence-electron chi connectivity index (χ2n) is 6.25. The summed E-state index contributed by atoms with van der Waals surface area (Å²) in [6, 6.07) is 8.71. The van der Waals surface area contributed by atoms with Gasteiger partial charge in [-0.1, -0.05) is 39.0 Å². The van der Waals surface area contributed by atoms with Gasteiger partial charge >= 0.3 is 33.1 Å². The Morgan fingerprint density at radius 3 is 1.95 bits per heavy atom. The van der Waals surface area contributed by atoms with Crippen LogP contribution >= 0.6 is 8.25 Å². The normalized spacial score (nSPS) is 29.1. The van der Waals surface area contributed by atoms with Gasteiger partial charge in [-0.05, 0) is 36.3 Å². The van der Waals surface area contributed by atoms with Gasteiger partial charge in [-0.25, -0.2) is 0 Å². The first-order valence-electron chi connectivity index (χ1n) is 6.92. The first-order valence-corrected chi connectivity index (χ1v) is 13.7. The molecule has 2 bridgehead atoms. The molecule has 0 heterocycles. The summed E-state index contributed by atoms with van der Waals surface area (Å²) in [6.45, 7) is 6.67. The van der Waals surface area contributed by atoms with Crippen LogP contribution in [0, 0.1) is 16.7 Å². The van der Waals surface area contributed by atoms with Gasteiger partial charge in [-0.2, -0.15) is 0 Å². The first kappa shape index (κ1) is 18.0. The molecule has 2 atom stereocenters. The molecule has 0 aliphatic heterocycles. The number of carbonyl (C=O) groups is 1. The number of benzene rings is 1. The van der Waals surface area contributed by atoms with Gasteiger partial charge in [0.25, 0.3) is 0 Å². The van der Waals surface area contributed by atoms with Crippen molar-refractivity contribution in [3.63, 3.8) is 0 Å². The third-order valence-corrected chi connectivity index (χ3v) is 5.24. The molecule has 2 fully saturated rings. The van der Waals surface area contributed by atoms with Gasteiger partial charge in [-0.15, -0.1) is 0 Å². The van der Waals surface area contributed by atoms with Crippen LogP contribution in [0.4, 0.5) is 0 Å². The molecule has 0 spiro atoms. The summed E-state index contributed by atoms with van der Waals surface area (Å²) in [5.74, 6) is 1.52. The first-order chi connectivity index (χ1) is 9.38. The van der Waals surface area contributed by atoms with E-state index < -0.39 is 0 Å². The van der Waals surface area contributed by atoms with Crippen LogP contribution in [0.5, 0.6) is 5.75 Å². The van der Waals surface area contributed by atoms with Crippen LogP contribution in [-0.4, -0.2) is 10.9 Å². The summed E-state index contributed by atoms with van der Waals surface area (Å²) < 4.78 is 0. The van der Waals surface area contributed by atoms with E-state index in [-0.39, 0.29) is 10.8 Å². The van der Waals surface area contributed by atoms with Crippen molar-refractivity contribution in [3.8, 4) is 5.75 Å². The van der Waals surface area contributed by atoms with Gasteiger partial charge in [0.15, 0.2) is 0 Å². The summed E-state index contributed by atoms with van der Waals surface area (Å²) >= 11 is 0.500. The number of aromatic hydroxyl groups is 1. The van der Waals surface area contributed by atoms with Gasteiger partial charge in [0.1, 0.15) is 11.5 Å². The van der Waals surface area contributed by atoms with Crippen molar-refractivity contribution in [2.75, 3.05) is 0 Å². The van der Waals surface area contributed by atoms with Crippen LogP contribution in [-0.2, 0) is 29.7 Å². The number of para-hydroxylation sites is 1. The van der Waals surface area contributed by atoms with E-state index in [9.17, 15) is 4.79 Å². The van der Waals surface area contributed by atoms with Crippen molar-refractivity contribution >= 4 is 14.0 Å². The zero-order valence-corrected chi connectivity index (χ0v) is 18.8. The van der Waals surface area contributed by atoms with Crippen LogP contribution in [0.1, 0.15) is 40.0 Å². The number of hydrogen-bond acceptors (Lipinski definition) is 2. The van der Waals surface area contributed by atoms with E-state index in [4.69, 9.17) is 13.4 Å². The molecule has 2 unspecified atom stereocenters. The maximum absolute atomic E-state index is 11.6. The molecule has 1 N–H and O–H groups in total. The standard InChI is InChI=1S/C10H16O.C6H6O.ClH.Hg/c1-9(2)7-4-5-10(9,3)8(11)6-7;7-6-4-2-1-3-5-6;;/h7H,4-6H2,1-3H3;1-5,7H;1H;/q;;;+1/p-1. The van der Waals surface area contributed by atoms with E-state index in [0.717, 1.165) is 12.8 Å². The van der Waals surface area contributed by atoms with Crippen molar-refractivity contribution in [1.82, 2.24) is 0 Å². The van der Waals surface area contributed by atoms with E-state index >= 15 is 0 Å². The number of rotatable bonds is 0. The Bertz CT molecular complexity index is 447. The van der Waals surface area contributed by atoms with Gasteiger partial charge < -0.3 is 5.11 Å². The number of phenols is 1. The average Bonchev–Trinajstić information content (AvgIpc) is 2.76. The zero-order chi connectivity index (χ0) is 15.4. The molecule has 4 heteroatoms. The Morgan fingerprint density at radius 2 is 1.75 bits per heavy atom. The van der Waals surface area contributed by atoms with Crippen LogP contribution < -0.4 is 0 Å². The molecule has 2 nitrogen and oxygen atoms in total. The number of carbonyl (C=O) groups excluding carboxylic acids is 1. The Balaban J connectivity index is 0.000000193. The molecule has 0 saturated heterocycles. The molecule has 3 rings (SSSR count). The number of ketones is 1. The molecule has 0 radical (unpaired) electrons. The van der Waals surface area contributed by atoms with Crippen molar-refractivity contribution < 1.29 is 34.8 Å². The van der Waals surface area contributed by atoms with E-state index in [0.29, 0.717) is 42.3 Å². The Hall–Kier alpha value is -0.0849. The topological polar surface area (TPSA) is 37.3 Å². The second-order valence-corrected chi connectivity index (χ2v) is 6.25. The average molecular weight is 482 g/mol. The fourth-order valence-electron chi connectivity index (χ4n) is 3.33. The van der Waals surface area contributed by atoms with Crippen LogP contribution in [0.2, 0.25) is 0 Å². The third-order valence-electron chi connectivity index (χ3n) is 5.24. The molecule has 107 valence electrons. The third kappa shape index (κ3) is 3.38. The number of phenolic OH excluding ortho intramolecular Hbond substituents is 1. The van der Waals surface area contributed by atoms with E-state index in [2.05, 4.69) is 20.8 Å². The SMILES string of the molecule is CC12CCC(CC1=O)C2(C)C.Oc1ccccc1.[Cl][Hg]. The molecular formula is C16H22ClHgO2. The summed E-state index contributed by atoms with van der Waals surface area (Å²) in [4.78, 5) is 11.6. The fraction of sp³-hybridized carbons (Fsp3) is 0.562. The van der Waals surface area contributed by atoms with Crippen LogP contribution in [0.15, 0.2) is 30.3 Å². The molecule has 2 saturated carbocycles. The van der Waals surface area contributed by atoms with Crippen molar-refractivity contribution in [1.29, 1.82) is 0 Å². The monoisotopic (exact) mass is 483 g/mol. The Labute approximate surface area is 141 Å². The number of Topliss-reactive ketones (excluding diaryl/α,β-unsaturated/α-hetero) is 1. The number of halogens is 1. The van der Waals surface area contributed by atoms with Crippen LogP contribution in [0.25, 0.3) is 0 Å². The second kappa shape index (κ2) is 7.26. The Kier molecular flexibility index (Phi) is 6.52. The number of fused-ring (bicyclic) bond motifs is 2. The van der Waals surface area contributed by atoms with Crippen LogP contribution in [0.3, 0.4) is 0 Å². The quantitative estimate of drug-likeness (QED) is 0.554. The zero-order valence-electron chi connectivity index (χ0n) is 12.5. The number of hydrogen-bond donors (Lipinski definition) is 1. The molecule has 20 heavy (non-hydrogen) atoms. The van der Waals surface area contributed by atoms with Gasteiger partial charge in [0.2, 0.25) is 0 Å². The van der Waals surface area contributed by atoms with E-state index in [1.165, 1.54) is 6.42 Å². The van der Waals surface area contributed by atoms with Gasteiger partial charge in [0.05, 0.1) is 0 Å². The predicted octanol–water partition coefficient (Wildman–Crippen LogP) is 4.48. The van der Waals surface area contributed by atoms with Gasteiger partial charge in [0, 0.05) is 11.8 Å². The Morgan fingerprint density at radius 1 is 1.20 bits per heavy atom. The van der Waals surface area contributed by atoms with E-state index in [1.54, 1.807) is 24.3 Å². The predicted molar refractivity (Wildman–Crippen MR) is 78.2 cm³/mol. The molecule has 0 aromatic heterocycles. The van der Waals surface area contributed by atoms with Crippen molar-refractivity contribution in [3.05, 3.63) is 30.3 Å². The molecule has 1 aromatic carbocycles. The summed E-state index contributed by atoms with van der Waals surface area (Å²) in [7, 11) is 4.83. The molecular weight excluding hydrogens is 460 g/mol. The summed E-state index contributed by atoms with van der Waals surface area (Å²) in [6.07, 6.45) is 3.25. The minimum atomic E-state index is 0.0255. The van der Waals surface area contributed by atoms with E-state index in [1.807, 2.05) is 6.07 Å². The van der Waals surface area contributed by atoms with Gasteiger partial charge in [-0.3, -0.25) is 4.79 Å². The molecule has 2 aliphatic rings. The summed E-state index contributed by atoms with van der Waals surface area (Å²) in [5.41, 5.74) is 0.307. The summed E-state index contributed by atoms with van der Waals surface area (Å²) in [5, 5.41) is 8.63. The molecule has 2 aliphatic carbocycles. The van der Waals surface area contributed by atoms with Crippen molar-refractivity contribution in [2.24, 2.45) is 16.7 Å². The molecule has 1 aromatic rings. The molecule has 0 amide bonds. The fourth-order valence-corrected chi connectivity index (χ4v) is 3.33. The van der Waals surface area contributed by atoms with Crippen molar-refractivity contribution in [2.45, 2.75) is 40.0 Å².